The Kier molecular flexibility index (Phi) is 5.77. The third-order valence-corrected chi connectivity index (χ3v) is 4.63. The van der Waals surface area contributed by atoms with Gasteiger partial charge < -0.3 is 20.1 Å². The monoisotopic (exact) mass is 464 g/mol. The molecule has 0 bridgehead atoms. The highest BCUT2D eigenvalue weighted by Gasteiger charge is 2.22. The van der Waals surface area contributed by atoms with Gasteiger partial charge in [0.25, 0.3) is 0 Å². The average molecular weight is 464 g/mol. The number of hydrogen-bond donors (Lipinski definition) is 3. The molecule has 0 aliphatic rings. The number of amides is 1. The van der Waals surface area contributed by atoms with Gasteiger partial charge in [0.05, 0.1) is 0 Å². The molecule has 134 valence electrons. The number of benzene rings is 2. The number of carbonyl (C=O) groups is 2. The Morgan fingerprint density at radius 2 is 1.96 bits per heavy atom. The minimum atomic E-state index is -1.11. The van der Waals surface area contributed by atoms with Gasteiger partial charge in [-0.05, 0) is 45.9 Å². The van der Waals surface area contributed by atoms with Crippen molar-refractivity contribution >= 4 is 45.6 Å². The number of aromatic nitrogens is 1. The summed E-state index contributed by atoms with van der Waals surface area (Å²) < 4.78 is 6.19. The molecule has 1 aromatic heterocycles. The van der Waals surface area contributed by atoms with Crippen LogP contribution in [0.15, 0.2) is 54.7 Å². The third-order valence-electron chi connectivity index (χ3n) is 3.96. The number of ether oxygens (including phenoxy) is 1. The highest BCUT2D eigenvalue weighted by atomic mass is 127. The first-order valence-corrected chi connectivity index (χ1v) is 9.06. The average Bonchev–Trinajstić information content (AvgIpc) is 3.02. The van der Waals surface area contributed by atoms with Crippen LogP contribution in [-0.2, 0) is 22.6 Å². The molecule has 0 spiro atoms. The van der Waals surface area contributed by atoms with Gasteiger partial charge in [-0.25, -0.2) is 9.59 Å². The lowest BCUT2D eigenvalue weighted by Gasteiger charge is -2.14. The molecule has 6 nitrogen and oxygen atoms in total. The molecule has 3 rings (SSSR count). The van der Waals surface area contributed by atoms with E-state index in [1.165, 1.54) is 0 Å². The number of aliphatic carboxylic acids is 1. The maximum Gasteiger partial charge on any atom is 0.408 e. The summed E-state index contributed by atoms with van der Waals surface area (Å²) in [7, 11) is 0. The SMILES string of the molecule is O=C(N[C@@H](Cc1c[nH]c2cc(I)ccc12)C(=O)O)OCc1ccccc1. The number of carbonyl (C=O) groups excluding carboxylic acids is 1. The Morgan fingerprint density at radius 1 is 1.19 bits per heavy atom. The number of hydrogen-bond acceptors (Lipinski definition) is 3. The van der Waals surface area contributed by atoms with Gasteiger partial charge in [0.1, 0.15) is 12.6 Å². The van der Waals surface area contributed by atoms with Gasteiger partial charge in [-0.3, -0.25) is 0 Å². The van der Waals surface area contributed by atoms with Crippen molar-refractivity contribution in [2.45, 2.75) is 19.1 Å². The van der Waals surface area contributed by atoms with Gasteiger partial charge in [-0.2, -0.15) is 0 Å². The van der Waals surface area contributed by atoms with Gasteiger partial charge >= 0.3 is 12.1 Å². The van der Waals surface area contributed by atoms with Crippen LogP contribution in [0.3, 0.4) is 0 Å². The molecule has 0 saturated heterocycles. The van der Waals surface area contributed by atoms with E-state index in [0.717, 1.165) is 25.6 Å². The first-order chi connectivity index (χ1) is 12.5. The first-order valence-electron chi connectivity index (χ1n) is 7.98. The van der Waals surface area contributed by atoms with Crippen molar-refractivity contribution in [2.75, 3.05) is 0 Å². The molecule has 7 heteroatoms. The zero-order valence-corrected chi connectivity index (χ0v) is 15.9. The number of fused-ring (bicyclic) bond motifs is 1. The quantitative estimate of drug-likeness (QED) is 0.486. The van der Waals surface area contributed by atoms with Crippen LogP contribution < -0.4 is 5.32 Å². The largest absolute Gasteiger partial charge is 0.480 e. The summed E-state index contributed by atoms with van der Waals surface area (Å²) in [5.74, 6) is -1.11. The molecule has 26 heavy (non-hydrogen) atoms. The zero-order chi connectivity index (χ0) is 18.5. The minimum Gasteiger partial charge on any atom is -0.480 e. The van der Waals surface area contributed by atoms with E-state index in [9.17, 15) is 14.7 Å². The molecule has 1 amide bonds. The molecule has 3 aromatic rings. The predicted molar refractivity (Wildman–Crippen MR) is 106 cm³/mol. The maximum atomic E-state index is 12.0. The van der Waals surface area contributed by atoms with Crippen LogP contribution in [0.4, 0.5) is 4.79 Å². The summed E-state index contributed by atoms with van der Waals surface area (Å²) in [5.41, 5.74) is 2.59. The molecule has 0 aliphatic heterocycles. The molecule has 0 radical (unpaired) electrons. The summed E-state index contributed by atoms with van der Waals surface area (Å²) in [5, 5.41) is 12.8. The van der Waals surface area contributed by atoms with E-state index < -0.39 is 18.1 Å². The Balaban J connectivity index is 1.65. The van der Waals surface area contributed by atoms with Gasteiger partial charge in [-0.15, -0.1) is 0 Å². The van der Waals surface area contributed by atoms with Crippen molar-refractivity contribution < 1.29 is 19.4 Å². The standard InChI is InChI=1S/C19H17IN2O4/c20-14-6-7-15-13(10-21-16(15)9-14)8-17(18(23)24)22-19(25)26-11-12-4-2-1-3-5-12/h1-7,9-10,17,21H,8,11H2,(H,22,25)(H,23,24)/t17-/m0/s1. The van der Waals surface area contributed by atoms with Crippen LogP contribution in [0, 0.1) is 3.57 Å². The molecule has 2 aromatic carbocycles. The molecule has 0 unspecified atom stereocenters. The van der Waals surface area contributed by atoms with Crippen LogP contribution in [0.5, 0.6) is 0 Å². The van der Waals surface area contributed by atoms with Gasteiger partial charge in [0, 0.05) is 27.1 Å². The van der Waals surface area contributed by atoms with Crippen molar-refractivity contribution in [3.63, 3.8) is 0 Å². The fourth-order valence-corrected chi connectivity index (χ4v) is 3.15. The van der Waals surface area contributed by atoms with E-state index in [0.29, 0.717) is 0 Å². The molecule has 1 heterocycles. The summed E-state index contributed by atoms with van der Waals surface area (Å²) in [6.07, 6.45) is 1.18. The third kappa shape index (κ3) is 4.54. The van der Waals surface area contributed by atoms with Crippen molar-refractivity contribution in [1.29, 1.82) is 0 Å². The number of halogens is 1. The second kappa shape index (κ2) is 8.22. The Morgan fingerprint density at radius 3 is 2.69 bits per heavy atom. The lowest BCUT2D eigenvalue weighted by Crippen LogP contribution is -2.42. The number of alkyl carbamates (subject to hydrolysis) is 1. The second-order valence-electron chi connectivity index (χ2n) is 5.80. The van der Waals surface area contributed by atoms with Crippen LogP contribution in [0.2, 0.25) is 0 Å². The van der Waals surface area contributed by atoms with Crippen LogP contribution >= 0.6 is 22.6 Å². The van der Waals surface area contributed by atoms with Crippen LogP contribution in [0.1, 0.15) is 11.1 Å². The fourth-order valence-electron chi connectivity index (χ4n) is 2.65. The van der Waals surface area contributed by atoms with Crippen molar-refractivity contribution in [2.24, 2.45) is 0 Å². The van der Waals surface area contributed by atoms with Crippen LogP contribution in [0.25, 0.3) is 10.9 Å². The molecular weight excluding hydrogens is 447 g/mol. The van der Waals surface area contributed by atoms with Crippen molar-refractivity contribution in [3.05, 3.63) is 69.4 Å². The normalized spacial score (nSPS) is 11.9. The van der Waals surface area contributed by atoms with E-state index >= 15 is 0 Å². The van der Waals surface area contributed by atoms with E-state index in [1.807, 2.05) is 48.5 Å². The van der Waals surface area contributed by atoms with Crippen LogP contribution in [-0.4, -0.2) is 28.2 Å². The topological polar surface area (TPSA) is 91.4 Å². The highest BCUT2D eigenvalue weighted by molar-refractivity contribution is 14.1. The summed E-state index contributed by atoms with van der Waals surface area (Å²) in [4.78, 5) is 26.6. The molecule has 3 N–H and O–H groups in total. The highest BCUT2D eigenvalue weighted by Crippen LogP contribution is 2.21. The van der Waals surface area contributed by atoms with Crippen molar-refractivity contribution in [3.8, 4) is 0 Å². The van der Waals surface area contributed by atoms with E-state index in [4.69, 9.17) is 4.74 Å². The number of carboxylic acid groups (broad SMARTS) is 1. The number of aromatic amines is 1. The summed E-state index contributed by atoms with van der Waals surface area (Å²) >= 11 is 2.22. The Bertz CT molecular complexity index is 924. The smallest absolute Gasteiger partial charge is 0.408 e. The van der Waals surface area contributed by atoms with Gasteiger partial charge in [0.2, 0.25) is 0 Å². The maximum absolute atomic E-state index is 12.0. The zero-order valence-electron chi connectivity index (χ0n) is 13.7. The number of rotatable bonds is 6. The lowest BCUT2D eigenvalue weighted by molar-refractivity contribution is -0.139. The molecular formula is C19H17IN2O4. The fraction of sp³-hybridized carbons (Fsp3) is 0.158. The molecule has 1 atom stereocenters. The van der Waals surface area contributed by atoms with E-state index in [-0.39, 0.29) is 13.0 Å². The number of carboxylic acids is 1. The number of nitrogens with one attached hydrogen (secondary N) is 2. The number of H-pyrrole nitrogens is 1. The molecule has 0 saturated carbocycles. The minimum absolute atomic E-state index is 0.0878. The second-order valence-corrected chi connectivity index (χ2v) is 7.05. The van der Waals surface area contributed by atoms with Gasteiger partial charge in [-0.1, -0.05) is 36.4 Å². The molecule has 0 aliphatic carbocycles. The Labute approximate surface area is 163 Å². The summed E-state index contributed by atoms with van der Waals surface area (Å²) in [6.45, 7) is 0.0878. The Hall–Kier alpha value is -2.55. The van der Waals surface area contributed by atoms with Gasteiger partial charge in [0.15, 0.2) is 0 Å². The molecule has 0 fully saturated rings. The first kappa shape index (κ1) is 18.2. The lowest BCUT2D eigenvalue weighted by atomic mass is 10.1. The predicted octanol–water partition coefficient (Wildman–Crippen LogP) is 3.69. The van der Waals surface area contributed by atoms with E-state index in [1.54, 1.807) is 6.20 Å². The summed E-state index contributed by atoms with van der Waals surface area (Å²) in [6, 6.07) is 14.0. The van der Waals surface area contributed by atoms with E-state index in [2.05, 4.69) is 32.9 Å². The van der Waals surface area contributed by atoms with Crippen molar-refractivity contribution in [1.82, 2.24) is 10.3 Å².